The average Bonchev–Trinajstić information content (AvgIpc) is 2.41. The highest BCUT2D eigenvalue weighted by Gasteiger charge is 2.34. The Hall–Kier alpha value is -1.36. The van der Waals surface area contributed by atoms with Crippen molar-refractivity contribution >= 4 is 33.4 Å². The van der Waals surface area contributed by atoms with E-state index >= 15 is 0 Å². The van der Waals surface area contributed by atoms with Gasteiger partial charge in [-0.25, -0.2) is 0 Å². The summed E-state index contributed by atoms with van der Waals surface area (Å²) >= 11 is 3.44. The van der Waals surface area contributed by atoms with Crippen LogP contribution in [0.1, 0.15) is 25.8 Å². The lowest BCUT2D eigenvalue weighted by Gasteiger charge is -2.35. The van der Waals surface area contributed by atoms with Crippen LogP contribution < -0.4 is 10.2 Å². The highest BCUT2D eigenvalue weighted by atomic mass is 79.9. The number of piperazine rings is 1. The van der Waals surface area contributed by atoms with Crippen LogP contribution in [0.25, 0.3) is 0 Å². The van der Waals surface area contributed by atoms with Crippen LogP contribution in [0.3, 0.4) is 0 Å². The topological polar surface area (TPSA) is 49.4 Å². The molecule has 102 valence electrons. The number of benzene rings is 1. The van der Waals surface area contributed by atoms with Crippen molar-refractivity contribution in [1.29, 1.82) is 0 Å². The summed E-state index contributed by atoms with van der Waals surface area (Å²) < 4.78 is 0.982. The highest BCUT2D eigenvalue weighted by molar-refractivity contribution is 9.10. The average molecular weight is 325 g/mol. The maximum atomic E-state index is 12.2. The molecule has 19 heavy (non-hydrogen) atoms. The summed E-state index contributed by atoms with van der Waals surface area (Å²) in [5.74, 6) is -0.129. The van der Waals surface area contributed by atoms with Gasteiger partial charge in [0.2, 0.25) is 11.8 Å². The minimum absolute atomic E-state index is 0.0523. The number of nitrogens with zero attached hydrogens (tertiary/aromatic N) is 1. The second-order valence-corrected chi connectivity index (χ2v) is 5.45. The summed E-state index contributed by atoms with van der Waals surface area (Å²) in [4.78, 5) is 25.7. The van der Waals surface area contributed by atoms with E-state index in [4.69, 9.17) is 0 Å². The summed E-state index contributed by atoms with van der Waals surface area (Å²) in [5, 5.41) is 2.64. The summed E-state index contributed by atoms with van der Waals surface area (Å²) in [5.41, 5.74) is 1.91. The van der Waals surface area contributed by atoms with Crippen molar-refractivity contribution in [2.45, 2.75) is 32.7 Å². The van der Waals surface area contributed by atoms with E-state index in [1.807, 2.05) is 32.0 Å². The molecule has 0 radical (unpaired) electrons. The van der Waals surface area contributed by atoms with Crippen molar-refractivity contribution < 1.29 is 9.59 Å². The van der Waals surface area contributed by atoms with E-state index in [0.717, 1.165) is 22.1 Å². The molecule has 1 heterocycles. The Morgan fingerprint density at radius 1 is 1.37 bits per heavy atom. The van der Waals surface area contributed by atoms with Crippen LogP contribution in [0.4, 0.5) is 5.69 Å². The van der Waals surface area contributed by atoms with Gasteiger partial charge in [-0.15, -0.1) is 0 Å². The normalized spacial score (nSPS) is 19.5. The molecule has 1 atom stereocenters. The number of aryl methyl sites for hydroxylation is 1. The van der Waals surface area contributed by atoms with Crippen LogP contribution >= 0.6 is 15.9 Å². The second-order valence-electron chi connectivity index (χ2n) is 4.53. The van der Waals surface area contributed by atoms with E-state index in [1.54, 1.807) is 4.90 Å². The van der Waals surface area contributed by atoms with Gasteiger partial charge in [-0.05, 0) is 36.6 Å². The molecule has 0 saturated carbocycles. The fourth-order valence-electron chi connectivity index (χ4n) is 2.40. The van der Waals surface area contributed by atoms with Gasteiger partial charge in [-0.1, -0.05) is 29.8 Å². The molecular formula is C14H17BrN2O2. The first-order valence-corrected chi connectivity index (χ1v) is 7.26. The van der Waals surface area contributed by atoms with Crippen molar-refractivity contribution in [3.8, 4) is 0 Å². The van der Waals surface area contributed by atoms with Crippen LogP contribution in [0, 0.1) is 0 Å². The fraction of sp³-hybridized carbons (Fsp3) is 0.429. The first kappa shape index (κ1) is 14.1. The largest absolute Gasteiger partial charge is 0.345 e. The van der Waals surface area contributed by atoms with E-state index in [2.05, 4.69) is 21.2 Å². The van der Waals surface area contributed by atoms with Crippen molar-refractivity contribution in [2.75, 3.05) is 11.4 Å². The number of hydrogen-bond donors (Lipinski definition) is 1. The number of carbonyl (C=O) groups is 2. The van der Waals surface area contributed by atoms with Gasteiger partial charge in [0.25, 0.3) is 0 Å². The number of halogens is 1. The molecule has 1 aliphatic heterocycles. The van der Waals surface area contributed by atoms with Crippen LogP contribution in [0.2, 0.25) is 0 Å². The minimum Gasteiger partial charge on any atom is -0.345 e. The van der Waals surface area contributed by atoms with Crippen LogP contribution in [-0.2, 0) is 16.0 Å². The van der Waals surface area contributed by atoms with Gasteiger partial charge in [-0.3, -0.25) is 14.5 Å². The van der Waals surface area contributed by atoms with Gasteiger partial charge in [0.15, 0.2) is 0 Å². The molecule has 1 fully saturated rings. The number of rotatable bonds is 3. The molecule has 2 rings (SSSR count). The van der Waals surface area contributed by atoms with Crippen LogP contribution in [-0.4, -0.2) is 24.4 Å². The molecule has 1 aliphatic rings. The first-order chi connectivity index (χ1) is 9.08. The zero-order valence-corrected chi connectivity index (χ0v) is 12.7. The quantitative estimate of drug-likeness (QED) is 0.927. The molecule has 1 saturated heterocycles. The maximum Gasteiger partial charge on any atom is 0.247 e. The first-order valence-electron chi connectivity index (χ1n) is 6.46. The summed E-state index contributed by atoms with van der Waals surface area (Å²) in [6, 6.07) is 5.40. The minimum atomic E-state index is -0.410. The number of amides is 2. The maximum absolute atomic E-state index is 12.2. The molecule has 1 unspecified atom stereocenters. The lowest BCUT2D eigenvalue weighted by atomic mass is 10.0. The molecule has 0 spiro atoms. The van der Waals surface area contributed by atoms with Crippen molar-refractivity contribution in [1.82, 2.24) is 5.32 Å². The zero-order chi connectivity index (χ0) is 14.0. The smallest absolute Gasteiger partial charge is 0.247 e. The fourth-order valence-corrected chi connectivity index (χ4v) is 2.81. The van der Waals surface area contributed by atoms with Gasteiger partial charge >= 0.3 is 0 Å². The number of nitrogens with one attached hydrogen (secondary N) is 1. The van der Waals surface area contributed by atoms with Crippen LogP contribution in [0.15, 0.2) is 22.7 Å². The van der Waals surface area contributed by atoms with E-state index in [-0.39, 0.29) is 18.4 Å². The third-order valence-corrected chi connectivity index (χ3v) is 3.86. The van der Waals surface area contributed by atoms with Gasteiger partial charge in [0.1, 0.15) is 6.04 Å². The monoisotopic (exact) mass is 324 g/mol. The Labute approximate surface area is 121 Å². The summed E-state index contributed by atoms with van der Waals surface area (Å²) in [6.45, 7) is 4.04. The molecule has 1 aromatic rings. The van der Waals surface area contributed by atoms with Crippen LogP contribution in [0.5, 0.6) is 0 Å². The number of anilines is 1. The highest BCUT2D eigenvalue weighted by Crippen LogP contribution is 2.28. The molecule has 0 aliphatic carbocycles. The lowest BCUT2D eigenvalue weighted by Crippen LogP contribution is -2.58. The summed E-state index contributed by atoms with van der Waals surface area (Å²) in [6.07, 6.45) is 1.42. The summed E-state index contributed by atoms with van der Waals surface area (Å²) in [7, 11) is 0. The number of carbonyl (C=O) groups excluding carboxylic acids is 2. The Kier molecular flexibility index (Phi) is 4.24. The van der Waals surface area contributed by atoms with Gasteiger partial charge in [-0.2, -0.15) is 0 Å². The predicted molar refractivity (Wildman–Crippen MR) is 78.1 cm³/mol. The zero-order valence-electron chi connectivity index (χ0n) is 11.1. The van der Waals surface area contributed by atoms with E-state index < -0.39 is 6.04 Å². The molecule has 0 bridgehead atoms. The SMILES string of the molecule is CCc1cc(Br)ccc1N1C(=O)CNC(=O)C1CC. The van der Waals surface area contributed by atoms with E-state index in [1.165, 1.54) is 0 Å². The molecule has 0 aromatic heterocycles. The molecule has 4 nitrogen and oxygen atoms in total. The Morgan fingerprint density at radius 3 is 2.74 bits per heavy atom. The molecule has 1 N–H and O–H groups in total. The molecule has 5 heteroatoms. The molecule has 2 amide bonds. The van der Waals surface area contributed by atoms with Crippen molar-refractivity contribution in [3.63, 3.8) is 0 Å². The standard InChI is InChI=1S/C14H17BrN2O2/c1-3-9-7-10(15)5-6-12(9)17-11(4-2)14(19)16-8-13(17)18/h5-7,11H,3-4,8H2,1-2H3,(H,16,19). The Balaban J connectivity index is 2.47. The van der Waals surface area contributed by atoms with E-state index in [0.29, 0.717) is 6.42 Å². The van der Waals surface area contributed by atoms with E-state index in [9.17, 15) is 9.59 Å². The molecular weight excluding hydrogens is 308 g/mol. The number of hydrogen-bond acceptors (Lipinski definition) is 2. The second kappa shape index (κ2) is 5.74. The van der Waals surface area contributed by atoms with Gasteiger partial charge < -0.3 is 5.32 Å². The molecule has 1 aromatic carbocycles. The van der Waals surface area contributed by atoms with Gasteiger partial charge in [0.05, 0.1) is 6.54 Å². The third kappa shape index (κ3) is 2.66. The third-order valence-electron chi connectivity index (χ3n) is 3.37. The van der Waals surface area contributed by atoms with Gasteiger partial charge in [0, 0.05) is 10.2 Å². The predicted octanol–water partition coefficient (Wildman–Crippen LogP) is 2.25. The Bertz CT molecular complexity index is 516. The lowest BCUT2D eigenvalue weighted by molar-refractivity contribution is -0.131. The van der Waals surface area contributed by atoms with Crippen molar-refractivity contribution in [3.05, 3.63) is 28.2 Å². The Morgan fingerprint density at radius 2 is 2.11 bits per heavy atom. The van der Waals surface area contributed by atoms with Crippen molar-refractivity contribution in [2.24, 2.45) is 0 Å².